The van der Waals surface area contributed by atoms with Gasteiger partial charge in [0.05, 0.1) is 0 Å². The molecule has 0 aliphatic heterocycles. The number of ether oxygens (including phenoxy) is 2. The van der Waals surface area contributed by atoms with Crippen molar-refractivity contribution in [3.63, 3.8) is 0 Å². The molecule has 5 N–H and O–H groups in total. The molecule has 158 valence electrons. The summed E-state index contributed by atoms with van der Waals surface area (Å²) in [7, 11) is 0. The maximum atomic E-state index is 11.9. The number of aliphatic carboxylic acids is 2. The Balaban J connectivity index is 2.90. The van der Waals surface area contributed by atoms with Crippen molar-refractivity contribution in [2.24, 2.45) is 5.73 Å². The molecule has 11 nitrogen and oxygen atoms in total. The number of esters is 2. The number of carbonyl (C=O) groups excluding carboxylic acids is 3. The largest absolute Gasteiger partial charge is 0.480 e. The first kappa shape index (κ1) is 23.6. The number of carbonyl (C=O) groups is 5. The molecule has 1 amide bonds. The Morgan fingerprint density at radius 1 is 1.00 bits per heavy atom. The monoisotopic (exact) mass is 410 g/mol. The number of hydrogen-bond acceptors (Lipinski definition) is 8. The highest BCUT2D eigenvalue weighted by Gasteiger charge is 2.22. The number of benzene rings is 1. The lowest BCUT2D eigenvalue weighted by Gasteiger charge is -2.16. The summed E-state index contributed by atoms with van der Waals surface area (Å²) in [5, 5.41) is 20.3. The van der Waals surface area contributed by atoms with Gasteiger partial charge < -0.3 is 30.7 Å². The van der Waals surface area contributed by atoms with Crippen molar-refractivity contribution in [2.45, 2.75) is 45.2 Å². The Bertz CT molecular complexity index is 807. The van der Waals surface area contributed by atoms with Crippen LogP contribution in [0.4, 0.5) is 0 Å². The Morgan fingerprint density at radius 3 is 2.10 bits per heavy atom. The van der Waals surface area contributed by atoms with Gasteiger partial charge in [0.1, 0.15) is 12.1 Å². The minimum Gasteiger partial charge on any atom is -0.480 e. The maximum Gasteiger partial charge on any atom is 0.326 e. The molecule has 0 heterocycles. The lowest BCUT2D eigenvalue weighted by molar-refractivity contribution is -0.142. The molecule has 0 saturated carbocycles. The first-order valence-corrected chi connectivity index (χ1v) is 8.50. The minimum absolute atomic E-state index is 0.0185. The molecule has 2 atom stereocenters. The van der Waals surface area contributed by atoms with Crippen LogP contribution in [0, 0.1) is 0 Å². The molecule has 29 heavy (non-hydrogen) atoms. The van der Waals surface area contributed by atoms with Gasteiger partial charge in [0.25, 0.3) is 0 Å². The molecule has 0 bridgehead atoms. The number of nitrogens with one attached hydrogen (secondary N) is 1. The van der Waals surface area contributed by atoms with Crippen LogP contribution in [0.2, 0.25) is 0 Å². The van der Waals surface area contributed by atoms with Gasteiger partial charge in [-0.05, 0) is 24.1 Å². The summed E-state index contributed by atoms with van der Waals surface area (Å²) < 4.78 is 9.91. The molecular weight excluding hydrogens is 388 g/mol. The summed E-state index contributed by atoms with van der Waals surface area (Å²) in [6.45, 7) is 2.31. The van der Waals surface area contributed by atoms with Crippen LogP contribution in [0.25, 0.3) is 0 Å². The molecule has 1 rings (SSSR count). The second-order valence-corrected chi connectivity index (χ2v) is 6.11. The molecule has 1 aromatic rings. The van der Waals surface area contributed by atoms with Crippen LogP contribution < -0.4 is 20.5 Å². The second-order valence-electron chi connectivity index (χ2n) is 6.11. The summed E-state index contributed by atoms with van der Waals surface area (Å²) in [5.41, 5.74) is 5.69. The molecular formula is C18H22N2O9. The second kappa shape index (κ2) is 10.8. The van der Waals surface area contributed by atoms with E-state index in [1.165, 1.54) is 18.2 Å². The fraction of sp³-hybridized carbons (Fsp3) is 0.389. The molecule has 0 aliphatic carbocycles. The first-order valence-electron chi connectivity index (χ1n) is 8.50. The fourth-order valence-electron chi connectivity index (χ4n) is 2.27. The van der Waals surface area contributed by atoms with E-state index in [0.717, 1.165) is 13.8 Å². The van der Waals surface area contributed by atoms with Crippen LogP contribution in [0.3, 0.4) is 0 Å². The van der Waals surface area contributed by atoms with Crippen molar-refractivity contribution in [2.75, 3.05) is 0 Å². The van der Waals surface area contributed by atoms with Gasteiger partial charge in [0.15, 0.2) is 11.5 Å². The first-order chi connectivity index (χ1) is 13.5. The van der Waals surface area contributed by atoms with E-state index < -0.39 is 41.9 Å². The van der Waals surface area contributed by atoms with Crippen LogP contribution in [-0.2, 0) is 30.4 Å². The number of hydrogen-bond donors (Lipinski definition) is 4. The molecule has 0 radical (unpaired) electrons. The van der Waals surface area contributed by atoms with Crippen molar-refractivity contribution in [1.29, 1.82) is 0 Å². The summed E-state index contributed by atoms with van der Waals surface area (Å²) in [4.78, 5) is 56.4. The van der Waals surface area contributed by atoms with Gasteiger partial charge in [0.2, 0.25) is 5.91 Å². The van der Waals surface area contributed by atoms with Crippen LogP contribution in [0.5, 0.6) is 11.5 Å². The van der Waals surface area contributed by atoms with Crippen molar-refractivity contribution < 1.29 is 43.7 Å². The molecule has 11 heteroatoms. The van der Waals surface area contributed by atoms with Gasteiger partial charge in [0, 0.05) is 26.7 Å². The minimum atomic E-state index is -1.33. The Kier molecular flexibility index (Phi) is 8.74. The van der Waals surface area contributed by atoms with Crippen LogP contribution in [-0.4, -0.2) is 52.1 Å². The number of carboxylic acids is 2. The predicted octanol–water partition coefficient (Wildman–Crippen LogP) is -0.159. The molecule has 0 spiro atoms. The van der Waals surface area contributed by atoms with Gasteiger partial charge in [-0.25, -0.2) is 4.79 Å². The quantitative estimate of drug-likeness (QED) is 0.299. The highest BCUT2D eigenvalue weighted by atomic mass is 16.6. The van der Waals surface area contributed by atoms with E-state index in [9.17, 15) is 29.1 Å². The molecule has 0 fully saturated rings. The van der Waals surface area contributed by atoms with E-state index in [4.69, 9.17) is 20.3 Å². The maximum absolute atomic E-state index is 11.9. The van der Waals surface area contributed by atoms with Crippen molar-refractivity contribution in [1.82, 2.24) is 5.32 Å². The zero-order chi connectivity index (χ0) is 22.1. The standard InChI is InChI=1S/C18H22N2O9/c1-9(21)28-14-5-3-11(8-15(14)29-10(2)22)7-13(18(26)27)20-16(23)6-4-12(19)17(24)25/h3,5,8,12-13H,4,6-7,19H2,1-2H3,(H,20,23)(H,24,25)(H,26,27)/t12-,13-/m0/s1. The lowest BCUT2D eigenvalue weighted by Crippen LogP contribution is -2.43. The van der Waals surface area contributed by atoms with Gasteiger partial charge in [-0.1, -0.05) is 6.07 Å². The summed E-state index contributed by atoms with van der Waals surface area (Å²) in [5.74, 6) is -4.67. The molecule has 0 unspecified atom stereocenters. The van der Waals surface area contributed by atoms with Gasteiger partial charge in [-0.15, -0.1) is 0 Å². The van der Waals surface area contributed by atoms with E-state index in [1.54, 1.807) is 0 Å². The highest BCUT2D eigenvalue weighted by Crippen LogP contribution is 2.29. The third-order valence-corrected chi connectivity index (χ3v) is 3.59. The SMILES string of the molecule is CC(=O)Oc1ccc(C[C@H](NC(=O)CC[C@H](N)C(=O)O)C(=O)O)cc1OC(C)=O. The predicted molar refractivity (Wildman–Crippen MR) is 97.2 cm³/mol. The summed E-state index contributed by atoms with van der Waals surface area (Å²) in [6.07, 6.45) is -0.580. The highest BCUT2D eigenvalue weighted by molar-refractivity contribution is 5.84. The van der Waals surface area contributed by atoms with E-state index in [0.29, 0.717) is 5.56 Å². The fourth-order valence-corrected chi connectivity index (χ4v) is 2.27. The smallest absolute Gasteiger partial charge is 0.326 e. The number of carboxylic acid groups (broad SMARTS) is 2. The molecule has 0 aromatic heterocycles. The van der Waals surface area contributed by atoms with Gasteiger partial charge >= 0.3 is 23.9 Å². The van der Waals surface area contributed by atoms with Crippen molar-refractivity contribution in [3.8, 4) is 11.5 Å². The Morgan fingerprint density at radius 2 is 1.59 bits per heavy atom. The number of rotatable bonds is 10. The third-order valence-electron chi connectivity index (χ3n) is 3.59. The molecule has 1 aromatic carbocycles. The van der Waals surface area contributed by atoms with Gasteiger partial charge in [-0.2, -0.15) is 0 Å². The number of amides is 1. The van der Waals surface area contributed by atoms with Gasteiger partial charge in [-0.3, -0.25) is 19.2 Å². The van der Waals surface area contributed by atoms with E-state index >= 15 is 0 Å². The summed E-state index contributed by atoms with van der Waals surface area (Å²) in [6, 6.07) is 1.55. The van der Waals surface area contributed by atoms with E-state index in [-0.39, 0.29) is 30.8 Å². The third kappa shape index (κ3) is 8.39. The lowest BCUT2D eigenvalue weighted by atomic mass is 10.0. The zero-order valence-corrected chi connectivity index (χ0v) is 15.8. The summed E-state index contributed by atoms with van der Waals surface area (Å²) >= 11 is 0. The van der Waals surface area contributed by atoms with Crippen LogP contribution in [0.1, 0.15) is 32.3 Å². The zero-order valence-electron chi connectivity index (χ0n) is 15.8. The molecule has 0 saturated heterocycles. The van der Waals surface area contributed by atoms with Crippen molar-refractivity contribution >= 4 is 29.8 Å². The van der Waals surface area contributed by atoms with Crippen molar-refractivity contribution in [3.05, 3.63) is 23.8 Å². The average molecular weight is 410 g/mol. The number of nitrogens with two attached hydrogens (primary N) is 1. The topological polar surface area (TPSA) is 182 Å². The van der Waals surface area contributed by atoms with E-state index in [1.807, 2.05) is 0 Å². The normalized spacial score (nSPS) is 12.4. The van der Waals surface area contributed by atoms with Crippen LogP contribution >= 0.6 is 0 Å². The van der Waals surface area contributed by atoms with Crippen LogP contribution in [0.15, 0.2) is 18.2 Å². The average Bonchev–Trinajstić information content (AvgIpc) is 2.60. The Labute approximate surface area is 165 Å². The van der Waals surface area contributed by atoms with E-state index in [2.05, 4.69) is 5.32 Å². The molecule has 0 aliphatic rings. The Hall–Kier alpha value is -3.47.